The third kappa shape index (κ3) is 4.34. The highest BCUT2D eigenvalue weighted by atomic mass is 32.1. The zero-order chi connectivity index (χ0) is 17.6. The molecule has 128 valence electrons. The molecule has 3 aromatic rings. The minimum atomic E-state index is -0.0987. The Morgan fingerprint density at radius 3 is 2.44 bits per heavy atom. The number of thiazole rings is 1. The molecule has 1 N–H and O–H groups in total. The smallest absolute Gasteiger partial charge is 0.227 e. The van der Waals surface area contributed by atoms with Crippen molar-refractivity contribution in [3.63, 3.8) is 0 Å². The number of aromatic nitrogens is 1. The lowest BCUT2D eigenvalue weighted by Crippen LogP contribution is -2.28. The fourth-order valence-corrected chi connectivity index (χ4v) is 3.48. The van der Waals surface area contributed by atoms with Gasteiger partial charge in [0, 0.05) is 17.5 Å². The molecule has 0 unspecified atom stereocenters. The second kappa shape index (κ2) is 8.08. The van der Waals surface area contributed by atoms with Crippen LogP contribution in [0.15, 0.2) is 60.0 Å². The third-order valence-electron chi connectivity index (χ3n) is 4.26. The molecule has 1 atom stereocenters. The largest absolute Gasteiger partial charge is 0.351 e. The Balaban J connectivity index is 1.62. The van der Waals surface area contributed by atoms with E-state index in [1.165, 1.54) is 0 Å². The second-order valence-electron chi connectivity index (χ2n) is 6.04. The lowest BCUT2D eigenvalue weighted by atomic mass is 9.95. The topological polar surface area (TPSA) is 42.0 Å². The van der Waals surface area contributed by atoms with Crippen molar-refractivity contribution in [1.29, 1.82) is 0 Å². The molecule has 0 saturated heterocycles. The Bertz CT molecular complexity index is 825. The molecule has 1 amide bonds. The quantitative estimate of drug-likeness (QED) is 0.685. The van der Waals surface area contributed by atoms with E-state index in [4.69, 9.17) is 0 Å². The predicted octanol–water partition coefficient (Wildman–Crippen LogP) is 4.93. The first-order valence-corrected chi connectivity index (χ1v) is 9.39. The molecule has 4 heteroatoms. The number of hydrogen-bond donors (Lipinski definition) is 1. The fourth-order valence-electron chi connectivity index (χ4n) is 2.86. The van der Waals surface area contributed by atoms with E-state index < -0.39 is 0 Å². The van der Waals surface area contributed by atoms with Crippen LogP contribution in [-0.2, 0) is 11.3 Å². The first kappa shape index (κ1) is 17.4. The van der Waals surface area contributed by atoms with Gasteiger partial charge in [-0.1, -0.05) is 61.5 Å². The molecule has 0 bridgehead atoms. The van der Waals surface area contributed by atoms with E-state index in [0.717, 1.165) is 33.8 Å². The maximum atomic E-state index is 12.5. The average Bonchev–Trinajstić information content (AvgIpc) is 3.08. The Hall–Kier alpha value is -2.46. The molecule has 3 rings (SSSR count). The van der Waals surface area contributed by atoms with Crippen LogP contribution in [-0.4, -0.2) is 10.9 Å². The van der Waals surface area contributed by atoms with Gasteiger partial charge < -0.3 is 5.32 Å². The van der Waals surface area contributed by atoms with Gasteiger partial charge >= 0.3 is 0 Å². The van der Waals surface area contributed by atoms with Gasteiger partial charge in [0.25, 0.3) is 0 Å². The first-order chi connectivity index (χ1) is 12.2. The maximum Gasteiger partial charge on any atom is 0.227 e. The summed E-state index contributed by atoms with van der Waals surface area (Å²) in [5.74, 6) is -0.0219. The molecule has 1 aromatic heterocycles. The highest BCUT2D eigenvalue weighted by molar-refractivity contribution is 7.09. The van der Waals surface area contributed by atoms with Gasteiger partial charge in [0.05, 0.1) is 16.6 Å². The van der Waals surface area contributed by atoms with E-state index in [9.17, 15) is 4.79 Å². The van der Waals surface area contributed by atoms with Crippen LogP contribution in [0.1, 0.15) is 35.4 Å². The molecular weight excluding hydrogens is 328 g/mol. The number of amides is 1. The minimum absolute atomic E-state index is 0.0768. The Morgan fingerprint density at radius 1 is 1.12 bits per heavy atom. The summed E-state index contributed by atoms with van der Waals surface area (Å²) in [4.78, 5) is 17.0. The van der Waals surface area contributed by atoms with Gasteiger partial charge in [-0.15, -0.1) is 11.3 Å². The van der Waals surface area contributed by atoms with Crippen LogP contribution in [0.3, 0.4) is 0 Å². The molecule has 1 heterocycles. The molecule has 0 aliphatic heterocycles. The Morgan fingerprint density at radius 2 is 1.84 bits per heavy atom. The number of aryl methyl sites for hydroxylation is 1. The van der Waals surface area contributed by atoms with E-state index in [1.807, 2.05) is 56.3 Å². The van der Waals surface area contributed by atoms with Gasteiger partial charge in [0.15, 0.2) is 0 Å². The van der Waals surface area contributed by atoms with Crippen LogP contribution < -0.4 is 5.32 Å². The van der Waals surface area contributed by atoms with E-state index in [2.05, 4.69) is 27.8 Å². The molecule has 0 fully saturated rings. The highest BCUT2D eigenvalue weighted by Crippen LogP contribution is 2.22. The summed E-state index contributed by atoms with van der Waals surface area (Å²) in [5, 5.41) is 6.19. The standard InChI is InChI=1S/C21H22N2OS/c1-3-19(17-7-5-4-6-8-17)21(24)22-13-16-9-11-18(12-10-16)20-14-25-15(2)23-20/h4-12,14,19H,3,13H2,1-2H3,(H,22,24)/t19-/m0/s1. The summed E-state index contributed by atoms with van der Waals surface area (Å²) in [6, 6.07) is 18.2. The van der Waals surface area contributed by atoms with Crippen molar-refractivity contribution in [2.75, 3.05) is 0 Å². The van der Waals surface area contributed by atoms with Gasteiger partial charge in [-0.3, -0.25) is 4.79 Å². The van der Waals surface area contributed by atoms with Crippen molar-refractivity contribution in [3.8, 4) is 11.3 Å². The van der Waals surface area contributed by atoms with E-state index in [-0.39, 0.29) is 11.8 Å². The molecule has 25 heavy (non-hydrogen) atoms. The summed E-state index contributed by atoms with van der Waals surface area (Å²) in [7, 11) is 0. The van der Waals surface area contributed by atoms with Gasteiger partial charge in [-0.05, 0) is 24.5 Å². The van der Waals surface area contributed by atoms with Crippen LogP contribution >= 0.6 is 11.3 Å². The molecule has 2 aromatic carbocycles. The normalized spacial score (nSPS) is 11.9. The van der Waals surface area contributed by atoms with Gasteiger partial charge in [-0.25, -0.2) is 4.98 Å². The van der Waals surface area contributed by atoms with E-state index >= 15 is 0 Å². The molecule has 0 radical (unpaired) electrons. The number of carbonyl (C=O) groups is 1. The van der Waals surface area contributed by atoms with Gasteiger partial charge in [-0.2, -0.15) is 0 Å². The SMILES string of the molecule is CC[C@H](C(=O)NCc1ccc(-c2csc(C)n2)cc1)c1ccccc1. The van der Waals surface area contributed by atoms with Crippen LogP contribution in [0.4, 0.5) is 0 Å². The molecular formula is C21H22N2OS. The van der Waals surface area contributed by atoms with E-state index in [0.29, 0.717) is 6.54 Å². The van der Waals surface area contributed by atoms with E-state index in [1.54, 1.807) is 11.3 Å². The second-order valence-corrected chi connectivity index (χ2v) is 7.10. The van der Waals surface area contributed by atoms with Crippen molar-refractivity contribution < 1.29 is 4.79 Å². The van der Waals surface area contributed by atoms with Crippen LogP contribution in [0.5, 0.6) is 0 Å². The molecule has 0 aliphatic carbocycles. The summed E-state index contributed by atoms with van der Waals surface area (Å²) < 4.78 is 0. The zero-order valence-corrected chi connectivity index (χ0v) is 15.3. The van der Waals surface area contributed by atoms with Crippen molar-refractivity contribution in [2.45, 2.75) is 32.7 Å². The number of benzene rings is 2. The lowest BCUT2D eigenvalue weighted by Gasteiger charge is -2.15. The Labute approximate surface area is 152 Å². The average molecular weight is 350 g/mol. The molecule has 0 spiro atoms. The zero-order valence-electron chi connectivity index (χ0n) is 14.5. The predicted molar refractivity (Wildman–Crippen MR) is 104 cm³/mol. The summed E-state index contributed by atoms with van der Waals surface area (Å²) in [5.41, 5.74) is 4.27. The van der Waals surface area contributed by atoms with Crippen molar-refractivity contribution >= 4 is 17.2 Å². The number of rotatable bonds is 6. The molecule has 0 saturated carbocycles. The molecule has 3 nitrogen and oxygen atoms in total. The fraction of sp³-hybridized carbons (Fsp3) is 0.238. The third-order valence-corrected chi connectivity index (χ3v) is 5.04. The monoisotopic (exact) mass is 350 g/mol. The number of nitrogens with one attached hydrogen (secondary N) is 1. The lowest BCUT2D eigenvalue weighted by molar-refractivity contribution is -0.122. The summed E-state index contributed by atoms with van der Waals surface area (Å²) in [6.45, 7) is 4.59. The maximum absolute atomic E-state index is 12.5. The number of nitrogens with zero attached hydrogens (tertiary/aromatic N) is 1. The minimum Gasteiger partial charge on any atom is -0.351 e. The first-order valence-electron chi connectivity index (χ1n) is 8.51. The summed E-state index contributed by atoms with van der Waals surface area (Å²) >= 11 is 1.65. The highest BCUT2D eigenvalue weighted by Gasteiger charge is 2.17. The number of hydrogen-bond acceptors (Lipinski definition) is 3. The van der Waals surface area contributed by atoms with Crippen LogP contribution in [0.2, 0.25) is 0 Å². The van der Waals surface area contributed by atoms with Crippen molar-refractivity contribution in [3.05, 3.63) is 76.1 Å². The summed E-state index contributed by atoms with van der Waals surface area (Å²) in [6.07, 6.45) is 0.790. The van der Waals surface area contributed by atoms with Gasteiger partial charge in [0.2, 0.25) is 5.91 Å². The van der Waals surface area contributed by atoms with Crippen LogP contribution in [0, 0.1) is 6.92 Å². The van der Waals surface area contributed by atoms with Crippen molar-refractivity contribution in [2.24, 2.45) is 0 Å². The van der Waals surface area contributed by atoms with Gasteiger partial charge in [0.1, 0.15) is 0 Å². The number of carbonyl (C=O) groups excluding carboxylic acids is 1. The Kier molecular flexibility index (Phi) is 5.61. The molecule has 0 aliphatic rings. The van der Waals surface area contributed by atoms with Crippen LogP contribution in [0.25, 0.3) is 11.3 Å². The van der Waals surface area contributed by atoms with Crippen molar-refractivity contribution in [1.82, 2.24) is 10.3 Å².